The number of phenols is 1. The predicted octanol–water partition coefficient (Wildman–Crippen LogP) is -4.19. The van der Waals surface area contributed by atoms with Crippen LogP contribution in [0.4, 0.5) is 0 Å². The van der Waals surface area contributed by atoms with E-state index in [9.17, 15) is 15.0 Å². The summed E-state index contributed by atoms with van der Waals surface area (Å²) in [6.07, 6.45) is 0. The second kappa shape index (κ2) is 9.01. The zero-order chi connectivity index (χ0) is 13.5. The van der Waals surface area contributed by atoms with Gasteiger partial charge in [0.25, 0.3) is 0 Å². The molecule has 0 fully saturated rings. The molecule has 0 saturated carbocycles. The monoisotopic (exact) mass is 247 g/mol. The van der Waals surface area contributed by atoms with Crippen molar-refractivity contribution in [2.24, 2.45) is 0 Å². The van der Waals surface area contributed by atoms with Crippen LogP contribution in [-0.2, 0) is 0 Å². The summed E-state index contributed by atoms with van der Waals surface area (Å²) in [5.74, 6) is -1.62. The van der Waals surface area contributed by atoms with Crippen molar-refractivity contribution in [1.82, 2.24) is 0 Å². The number of benzene rings is 1. The van der Waals surface area contributed by atoms with Gasteiger partial charge in [-0.3, -0.25) is 0 Å². The normalized spacial score (nSPS) is 9.78. The van der Waals surface area contributed by atoms with Crippen LogP contribution >= 0.6 is 0 Å². The Bertz CT molecular complexity index is 363. The van der Waals surface area contributed by atoms with Crippen molar-refractivity contribution in [3.63, 3.8) is 0 Å². The summed E-state index contributed by atoms with van der Waals surface area (Å²) < 4.78 is 0.781. The van der Waals surface area contributed by atoms with E-state index in [1.165, 1.54) is 18.2 Å². The Morgan fingerprint density at radius 1 is 1.28 bits per heavy atom. The summed E-state index contributed by atoms with van der Waals surface area (Å²) in [7, 11) is 6.04. The van der Waals surface area contributed by atoms with Gasteiger partial charge in [-0.05, 0) is 12.1 Å². The van der Waals surface area contributed by atoms with Crippen LogP contribution in [0.15, 0.2) is 24.3 Å². The van der Waals surface area contributed by atoms with Crippen molar-refractivity contribution in [2.75, 3.05) is 34.3 Å². The second-order valence-electron chi connectivity index (χ2n) is 4.52. The molecule has 0 radical (unpaired) electrons. The first-order valence-electron chi connectivity index (χ1n) is 5.16. The molecule has 0 spiro atoms. The molecule has 0 saturated heterocycles. The smallest absolute Gasteiger partial charge is 0.850 e. The molecular formula is C12H18LiNO4. The minimum Gasteiger partial charge on any atom is -0.850 e. The average molecular weight is 247 g/mol. The maximum Gasteiger partial charge on any atom is 1.00 e. The molecule has 0 aromatic heterocycles. The largest absolute Gasteiger partial charge is 1.00 e. The maximum atomic E-state index is 10.2. The van der Waals surface area contributed by atoms with E-state index in [1.54, 1.807) is 6.07 Å². The molecule has 5 nitrogen and oxygen atoms in total. The van der Waals surface area contributed by atoms with Gasteiger partial charge in [-0.2, -0.15) is 0 Å². The fraction of sp³-hybridized carbons (Fsp3) is 0.417. The van der Waals surface area contributed by atoms with Gasteiger partial charge in [0.15, 0.2) is 0 Å². The Kier molecular flexibility index (Phi) is 9.68. The van der Waals surface area contributed by atoms with Gasteiger partial charge >= 0.3 is 18.9 Å². The number of rotatable bonds is 3. The summed E-state index contributed by atoms with van der Waals surface area (Å²) >= 11 is 0. The third-order valence-corrected chi connectivity index (χ3v) is 1.89. The zero-order valence-corrected chi connectivity index (χ0v) is 11.3. The molecule has 0 atom stereocenters. The maximum absolute atomic E-state index is 10.2. The topological polar surface area (TPSA) is 83.4 Å². The number of para-hydroxylation sites is 1. The van der Waals surface area contributed by atoms with Crippen LogP contribution in [0.1, 0.15) is 10.4 Å². The molecule has 1 N–H and O–H groups in total. The molecule has 1 rings (SSSR count). The zero-order valence-electron chi connectivity index (χ0n) is 11.3. The molecule has 0 aliphatic rings. The number of aromatic carboxylic acids is 1. The van der Waals surface area contributed by atoms with E-state index in [-0.39, 0.29) is 36.8 Å². The Labute approximate surface area is 119 Å². The number of carboxylic acid groups (broad SMARTS) is 1. The minimum atomic E-state index is -1.36. The third-order valence-electron chi connectivity index (χ3n) is 1.89. The van der Waals surface area contributed by atoms with Crippen LogP contribution in [-0.4, -0.2) is 49.9 Å². The number of carbonyl (C=O) groups excluding carboxylic acids is 1. The number of hydrogen-bond acceptors (Lipinski definition) is 4. The van der Waals surface area contributed by atoms with Gasteiger partial charge in [-0.15, -0.1) is 0 Å². The second-order valence-corrected chi connectivity index (χ2v) is 4.52. The number of hydrogen-bond donors (Lipinski definition) is 1. The molecule has 96 valence electrons. The third kappa shape index (κ3) is 9.08. The van der Waals surface area contributed by atoms with Crippen molar-refractivity contribution in [3.8, 4) is 5.75 Å². The van der Waals surface area contributed by atoms with Gasteiger partial charge in [0.2, 0.25) is 0 Å². The molecule has 18 heavy (non-hydrogen) atoms. The van der Waals surface area contributed by atoms with Gasteiger partial charge < -0.3 is 24.6 Å². The van der Waals surface area contributed by atoms with Crippen LogP contribution in [0.3, 0.4) is 0 Å². The number of aromatic hydroxyl groups is 1. The summed E-state index contributed by atoms with van der Waals surface area (Å²) in [6.45, 7) is 0.753. The molecule has 0 aliphatic carbocycles. The molecule has 6 heteroatoms. The van der Waals surface area contributed by atoms with Gasteiger partial charge in [0.1, 0.15) is 5.75 Å². The SMILES string of the molecule is C[N+](C)(C)CC[O-].O=C([O-])c1ccccc1O.[Li+]. The Morgan fingerprint density at radius 3 is 2.00 bits per heavy atom. The predicted molar refractivity (Wildman–Crippen MR) is 60.2 cm³/mol. The molecule has 1 aromatic rings. The molecule has 1 aromatic carbocycles. The van der Waals surface area contributed by atoms with Crippen molar-refractivity contribution >= 4 is 5.97 Å². The van der Waals surface area contributed by atoms with E-state index in [0.29, 0.717) is 0 Å². The molecular weight excluding hydrogens is 229 g/mol. The van der Waals surface area contributed by atoms with Gasteiger partial charge in [0.05, 0.1) is 33.7 Å². The van der Waals surface area contributed by atoms with E-state index in [0.717, 1.165) is 11.0 Å². The van der Waals surface area contributed by atoms with Gasteiger partial charge in [-0.25, -0.2) is 0 Å². The fourth-order valence-corrected chi connectivity index (χ4v) is 0.920. The van der Waals surface area contributed by atoms with E-state index < -0.39 is 5.97 Å². The quantitative estimate of drug-likeness (QED) is 0.434. The van der Waals surface area contributed by atoms with Crippen LogP contribution in [0.25, 0.3) is 0 Å². The Morgan fingerprint density at radius 2 is 1.78 bits per heavy atom. The van der Waals surface area contributed by atoms with Crippen molar-refractivity contribution in [1.29, 1.82) is 0 Å². The summed E-state index contributed by atoms with van der Waals surface area (Å²) in [4.78, 5) is 10.2. The van der Waals surface area contributed by atoms with Crippen LogP contribution in [0, 0.1) is 0 Å². The van der Waals surface area contributed by atoms with Crippen molar-refractivity contribution in [3.05, 3.63) is 29.8 Å². The fourth-order valence-electron chi connectivity index (χ4n) is 0.920. The van der Waals surface area contributed by atoms with Crippen molar-refractivity contribution in [2.45, 2.75) is 0 Å². The number of carbonyl (C=O) groups is 1. The number of likely N-dealkylation sites (N-methyl/N-ethyl adjacent to an activating group) is 1. The van der Waals surface area contributed by atoms with E-state index >= 15 is 0 Å². The summed E-state index contributed by atoms with van der Waals surface area (Å²) in [6, 6.07) is 5.64. The first-order valence-corrected chi connectivity index (χ1v) is 5.16. The number of carboxylic acids is 1. The first kappa shape index (κ1) is 19.3. The van der Waals surface area contributed by atoms with Crippen LogP contribution < -0.4 is 29.1 Å². The van der Waals surface area contributed by atoms with Crippen LogP contribution in [0.2, 0.25) is 0 Å². The number of quaternary nitrogens is 1. The van der Waals surface area contributed by atoms with E-state index in [2.05, 4.69) is 0 Å². The summed E-state index contributed by atoms with van der Waals surface area (Å²) in [5.41, 5.74) is -0.178. The molecule has 0 aliphatic heterocycles. The molecule has 0 heterocycles. The van der Waals surface area contributed by atoms with Crippen LogP contribution in [0.5, 0.6) is 5.75 Å². The minimum absolute atomic E-state index is 0. The standard InChI is InChI=1S/C7H6O3.C5H13NO.Li/c8-6-4-2-1-3-5(6)7(9)10;1-6(2,3)4-5-7;/h1-4,8H,(H,9,10);4-5H2,1-3H3;/q;;+1/p-1. The van der Waals surface area contributed by atoms with E-state index in [4.69, 9.17) is 5.11 Å². The molecule has 0 amide bonds. The van der Waals surface area contributed by atoms with Crippen molar-refractivity contribution < 1.29 is 43.5 Å². The Hall–Kier alpha value is -0.993. The van der Waals surface area contributed by atoms with Gasteiger partial charge in [0, 0.05) is 5.56 Å². The average Bonchev–Trinajstić information content (AvgIpc) is 2.16. The molecule has 0 unspecified atom stereocenters. The first-order chi connectivity index (χ1) is 7.78. The van der Waals surface area contributed by atoms with E-state index in [1.807, 2.05) is 21.1 Å². The Balaban J connectivity index is 0. The van der Waals surface area contributed by atoms with Gasteiger partial charge in [-0.1, -0.05) is 18.7 Å². The number of nitrogens with zero attached hydrogens (tertiary/aromatic N) is 1. The molecule has 0 bridgehead atoms. The summed E-state index contributed by atoms with van der Waals surface area (Å²) in [5, 5.41) is 28.9.